The van der Waals surface area contributed by atoms with E-state index in [2.05, 4.69) is 10.2 Å². The van der Waals surface area contributed by atoms with E-state index in [0.29, 0.717) is 19.0 Å². The Hall–Kier alpha value is -1.30. The van der Waals surface area contributed by atoms with Crippen LogP contribution in [0.15, 0.2) is 0 Å². The van der Waals surface area contributed by atoms with Crippen molar-refractivity contribution in [2.75, 3.05) is 40.3 Å². The zero-order chi connectivity index (χ0) is 16.0. The van der Waals surface area contributed by atoms with Gasteiger partial charge in [-0.25, -0.2) is 4.79 Å². The maximum absolute atomic E-state index is 11.9. The van der Waals surface area contributed by atoms with Crippen molar-refractivity contribution < 1.29 is 14.3 Å². The Bertz CT molecular complexity index is 358. The first-order valence-corrected chi connectivity index (χ1v) is 7.58. The van der Waals surface area contributed by atoms with Crippen molar-refractivity contribution in [1.82, 2.24) is 15.1 Å². The molecule has 6 heteroatoms. The number of rotatable bonds is 4. The molecule has 0 aromatic heterocycles. The number of ether oxygens (including phenoxy) is 1. The van der Waals surface area contributed by atoms with Gasteiger partial charge in [-0.3, -0.25) is 9.69 Å². The van der Waals surface area contributed by atoms with Gasteiger partial charge in [0.15, 0.2) is 0 Å². The van der Waals surface area contributed by atoms with Crippen LogP contribution in [0.4, 0.5) is 4.79 Å². The third kappa shape index (κ3) is 6.80. The molecule has 1 rings (SSSR count). The fourth-order valence-electron chi connectivity index (χ4n) is 2.41. The number of piperidine rings is 1. The number of nitrogens with zero attached hydrogens (tertiary/aromatic N) is 2. The first-order chi connectivity index (χ1) is 9.71. The van der Waals surface area contributed by atoms with Crippen LogP contribution in [-0.2, 0) is 9.53 Å². The summed E-state index contributed by atoms with van der Waals surface area (Å²) < 4.78 is 5.35. The van der Waals surface area contributed by atoms with Crippen molar-refractivity contribution in [1.29, 1.82) is 0 Å². The van der Waals surface area contributed by atoms with Crippen LogP contribution in [0, 0.1) is 5.92 Å². The summed E-state index contributed by atoms with van der Waals surface area (Å²) in [5, 5.41) is 2.64. The Morgan fingerprint density at radius 1 is 1.29 bits per heavy atom. The molecule has 1 N–H and O–H groups in total. The van der Waals surface area contributed by atoms with E-state index in [4.69, 9.17) is 4.74 Å². The third-order valence-corrected chi connectivity index (χ3v) is 3.59. The molecule has 6 nitrogen and oxygen atoms in total. The van der Waals surface area contributed by atoms with Crippen LogP contribution >= 0.6 is 0 Å². The summed E-state index contributed by atoms with van der Waals surface area (Å²) in [5.74, 6) is 0.530. The molecule has 122 valence electrons. The van der Waals surface area contributed by atoms with Gasteiger partial charge in [0, 0.05) is 20.6 Å². The average Bonchev–Trinajstić information content (AvgIpc) is 2.38. The summed E-state index contributed by atoms with van der Waals surface area (Å²) in [6.45, 7) is 8.59. The predicted octanol–water partition coefficient (Wildman–Crippen LogP) is 1.31. The van der Waals surface area contributed by atoms with Crippen molar-refractivity contribution >= 4 is 12.0 Å². The zero-order valence-corrected chi connectivity index (χ0v) is 13.9. The number of carbonyl (C=O) groups excluding carboxylic acids is 2. The Labute approximate surface area is 127 Å². The largest absolute Gasteiger partial charge is 0.444 e. The fraction of sp³-hybridized carbons (Fsp3) is 0.867. The first kappa shape index (κ1) is 17.8. The second-order valence-corrected chi connectivity index (χ2v) is 6.75. The predicted molar refractivity (Wildman–Crippen MR) is 82.1 cm³/mol. The molecule has 0 radical (unpaired) electrons. The van der Waals surface area contributed by atoms with Crippen LogP contribution in [-0.4, -0.2) is 67.7 Å². The van der Waals surface area contributed by atoms with Crippen LogP contribution in [0.5, 0.6) is 0 Å². The molecule has 1 aliphatic heterocycles. The molecule has 1 heterocycles. The van der Waals surface area contributed by atoms with Crippen LogP contribution < -0.4 is 5.32 Å². The topological polar surface area (TPSA) is 61.9 Å². The molecule has 0 unspecified atom stereocenters. The summed E-state index contributed by atoms with van der Waals surface area (Å²) in [4.78, 5) is 27.1. The summed E-state index contributed by atoms with van der Waals surface area (Å²) >= 11 is 0. The lowest BCUT2D eigenvalue weighted by Gasteiger charge is -2.33. The Morgan fingerprint density at radius 3 is 2.33 bits per heavy atom. The van der Waals surface area contributed by atoms with E-state index in [-0.39, 0.29) is 12.0 Å². The number of nitrogens with one attached hydrogen (secondary N) is 1. The van der Waals surface area contributed by atoms with Crippen molar-refractivity contribution in [3.8, 4) is 0 Å². The first-order valence-electron chi connectivity index (χ1n) is 7.58. The summed E-state index contributed by atoms with van der Waals surface area (Å²) in [6, 6.07) is 0. The van der Waals surface area contributed by atoms with Gasteiger partial charge >= 0.3 is 6.09 Å². The molecule has 21 heavy (non-hydrogen) atoms. The van der Waals surface area contributed by atoms with Gasteiger partial charge in [0.1, 0.15) is 5.60 Å². The van der Waals surface area contributed by atoms with Crippen LogP contribution in [0.25, 0.3) is 0 Å². The average molecular weight is 299 g/mol. The smallest absolute Gasteiger partial charge is 0.410 e. The maximum atomic E-state index is 11.9. The molecule has 0 aromatic carbocycles. The minimum atomic E-state index is -0.456. The highest BCUT2D eigenvalue weighted by Gasteiger charge is 2.25. The second kappa shape index (κ2) is 7.64. The summed E-state index contributed by atoms with van der Waals surface area (Å²) in [5.41, 5.74) is -0.456. The van der Waals surface area contributed by atoms with Gasteiger partial charge in [-0.1, -0.05) is 0 Å². The van der Waals surface area contributed by atoms with Gasteiger partial charge in [-0.15, -0.1) is 0 Å². The molecule has 0 bridgehead atoms. The molecule has 2 amide bonds. The maximum Gasteiger partial charge on any atom is 0.410 e. The van der Waals surface area contributed by atoms with E-state index in [1.165, 1.54) is 0 Å². The summed E-state index contributed by atoms with van der Waals surface area (Å²) in [6.07, 6.45) is 1.74. The zero-order valence-electron chi connectivity index (χ0n) is 13.9. The lowest BCUT2D eigenvalue weighted by Crippen LogP contribution is -2.43. The van der Waals surface area contributed by atoms with Crippen molar-refractivity contribution in [2.45, 2.75) is 39.2 Å². The Kier molecular flexibility index (Phi) is 6.45. The lowest BCUT2D eigenvalue weighted by atomic mass is 9.96. The van der Waals surface area contributed by atoms with E-state index >= 15 is 0 Å². The van der Waals surface area contributed by atoms with E-state index in [1.54, 1.807) is 19.0 Å². The van der Waals surface area contributed by atoms with E-state index in [1.807, 2.05) is 20.8 Å². The minimum absolute atomic E-state index is 0.0549. The number of likely N-dealkylation sites (tertiary alicyclic amines) is 1. The molecule has 0 saturated carbocycles. The normalized spacial score (nSPS) is 17.4. The van der Waals surface area contributed by atoms with Crippen LogP contribution in [0.2, 0.25) is 0 Å². The Balaban J connectivity index is 2.32. The highest BCUT2D eigenvalue weighted by molar-refractivity contribution is 5.77. The monoisotopic (exact) mass is 299 g/mol. The standard InChI is InChI=1S/C15H29N3O3/c1-15(2,3)21-14(20)17(5)10-12-6-8-18(9-7-12)11-13(19)16-4/h12H,6-11H2,1-5H3,(H,16,19). The van der Waals surface area contributed by atoms with Gasteiger partial charge in [-0.05, 0) is 52.6 Å². The SMILES string of the molecule is CNC(=O)CN1CCC(CN(C)C(=O)OC(C)(C)C)CC1. The highest BCUT2D eigenvalue weighted by atomic mass is 16.6. The quantitative estimate of drug-likeness (QED) is 0.850. The molecule has 0 aromatic rings. The van der Waals surface area contributed by atoms with Gasteiger partial charge in [-0.2, -0.15) is 0 Å². The number of hydrogen-bond acceptors (Lipinski definition) is 4. The van der Waals surface area contributed by atoms with Gasteiger partial charge in [0.05, 0.1) is 6.54 Å². The number of amides is 2. The van der Waals surface area contributed by atoms with Gasteiger partial charge in [0.2, 0.25) is 5.91 Å². The number of likely N-dealkylation sites (N-methyl/N-ethyl adjacent to an activating group) is 1. The minimum Gasteiger partial charge on any atom is -0.444 e. The van der Waals surface area contributed by atoms with E-state index in [0.717, 1.165) is 25.9 Å². The number of carbonyl (C=O) groups is 2. The molecule has 0 aliphatic carbocycles. The van der Waals surface area contributed by atoms with Gasteiger partial charge < -0.3 is 15.0 Å². The van der Waals surface area contributed by atoms with E-state index in [9.17, 15) is 9.59 Å². The molecule has 1 aliphatic rings. The second-order valence-electron chi connectivity index (χ2n) is 6.75. The molecule has 0 spiro atoms. The summed E-state index contributed by atoms with van der Waals surface area (Å²) in [7, 11) is 3.44. The van der Waals surface area contributed by atoms with Crippen LogP contribution in [0.3, 0.4) is 0 Å². The van der Waals surface area contributed by atoms with E-state index < -0.39 is 5.60 Å². The molecular weight excluding hydrogens is 270 g/mol. The van der Waals surface area contributed by atoms with Crippen molar-refractivity contribution in [3.63, 3.8) is 0 Å². The van der Waals surface area contributed by atoms with Gasteiger partial charge in [0.25, 0.3) is 0 Å². The molecule has 1 saturated heterocycles. The molecule has 1 fully saturated rings. The molecular formula is C15H29N3O3. The van der Waals surface area contributed by atoms with Crippen LogP contribution in [0.1, 0.15) is 33.6 Å². The lowest BCUT2D eigenvalue weighted by molar-refractivity contribution is -0.122. The third-order valence-electron chi connectivity index (χ3n) is 3.59. The van der Waals surface area contributed by atoms with Crippen molar-refractivity contribution in [3.05, 3.63) is 0 Å². The fourth-order valence-corrected chi connectivity index (χ4v) is 2.41. The van der Waals surface area contributed by atoms with Crippen molar-refractivity contribution in [2.24, 2.45) is 5.92 Å². The highest BCUT2D eigenvalue weighted by Crippen LogP contribution is 2.19. The Morgan fingerprint density at radius 2 is 1.86 bits per heavy atom. The molecule has 0 atom stereocenters. The number of hydrogen-bond donors (Lipinski definition) is 1.